The molecule has 1 aliphatic rings. The van der Waals surface area contributed by atoms with Gasteiger partial charge in [-0.25, -0.2) is 0 Å². The van der Waals surface area contributed by atoms with Gasteiger partial charge in [0.05, 0.1) is 45.2 Å². The van der Waals surface area contributed by atoms with E-state index in [0.29, 0.717) is 13.1 Å². The van der Waals surface area contributed by atoms with Gasteiger partial charge in [-0.15, -0.1) is 11.3 Å². The first-order chi connectivity index (χ1) is 13.5. The number of quaternary nitrogens is 2. The van der Waals surface area contributed by atoms with E-state index in [1.54, 1.807) is 11.3 Å². The van der Waals surface area contributed by atoms with Gasteiger partial charge in [0.15, 0.2) is 0 Å². The van der Waals surface area contributed by atoms with Crippen molar-refractivity contribution in [2.45, 2.75) is 19.0 Å². The largest absolute Gasteiger partial charge is 0.342 e. The van der Waals surface area contributed by atoms with E-state index in [9.17, 15) is 9.59 Å². The van der Waals surface area contributed by atoms with Gasteiger partial charge in [0, 0.05) is 12.0 Å². The smallest absolute Gasteiger partial charge is 0.309 e. The average molecular weight is 403 g/mol. The molecular formula is C21H30N4O2S+2. The third-order valence-corrected chi connectivity index (χ3v) is 6.20. The van der Waals surface area contributed by atoms with Crippen molar-refractivity contribution in [2.75, 3.05) is 40.3 Å². The summed E-state index contributed by atoms with van der Waals surface area (Å²) >= 11 is 1.71. The van der Waals surface area contributed by atoms with E-state index in [1.165, 1.54) is 25.8 Å². The number of carbonyl (C=O) groups is 2. The number of hydrogen-bond donors (Lipinski definition) is 4. The van der Waals surface area contributed by atoms with Crippen LogP contribution in [0.1, 0.15) is 22.0 Å². The zero-order valence-electron chi connectivity index (χ0n) is 16.6. The molecule has 2 atom stereocenters. The van der Waals surface area contributed by atoms with Crippen LogP contribution in [0.25, 0.3) is 0 Å². The first-order valence-corrected chi connectivity index (χ1v) is 10.7. The van der Waals surface area contributed by atoms with Crippen LogP contribution in [0, 0.1) is 0 Å². The quantitative estimate of drug-likeness (QED) is 0.440. The molecule has 4 N–H and O–H groups in total. The van der Waals surface area contributed by atoms with Crippen molar-refractivity contribution in [1.82, 2.24) is 10.6 Å². The molecule has 0 radical (unpaired) electrons. The van der Waals surface area contributed by atoms with Gasteiger partial charge in [0.2, 0.25) is 0 Å². The van der Waals surface area contributed by atoms with Crippen LogP contribution < -0.4 is 20.4 Å². The van der Waals surface area contributed by atoms with E-state index in [-0.39, 0.29) is 6.04 Å². The summed E-state index contributed by atoms with van der Waals surface area (Å²) in [5, 5.41) is 7.61. The zero-order valence-corrected chi connectivity index (χ0v) is 17.4. The van der Waals surface area contributed by atoms with Crippen LogP contribution in [0.3, 0.4) is 0 Å². The van der Waals surface area contributed by atoms with E-state index in [2.05, 4.69) is 46.3 Å². The number of carbonyl (C=O) groups excluding carboxylic acids is 2. The van der Waals surface area contributed by atoms with Crippen LogP contribution >= 0.6 is 11.3 Å². The lowest BCUT2D eigenvalue weighted by Crippen LogP contribution is -3.12. The summed E-state index contributed by atoms with van der Waals surface area (Å²) in [6.07, 6.45) is 1.04. The lowest BCUT2D eigenvalue weighted by Gasteiger charge is -2.32. The van der Waals surface area contributed by atoms with Gasteiger partial charge in [0.1, 0.15) is 12.6 Å². The Kier molecular flexibility index (Phi) is 7.19. The van der Waals surface area contributed by atoms with Crippen molar-refractivity contribution in [2.24, 2.45) is 0 Å². The van der Waals surface area contributed by atoms with Crippen molar-refractivity contribution < 1.29 is 19.4 Å². The minimum Gasteiger partial charge on any atom is -0.342 e. The number of fused-ring (bicyclic) bond motifs is 1. The summed E-state index contributed by atoms with van der Waals surface area (Å²) in [6.45, 7) is 3.70. The molecule has 0 saturated heterocycles. The molecule has 1 aromatic carbocycles. The summed E-state index contributed by atoms with van der Waals surface area (Å²) in [5.41, 5.74) is 2.79. The molecule has 1 aromatic heterocycles. The van der Waals surface area contributed by atoms with Crippen LogP contribution in [-0.4, -0.2) is 52.1 Å². The highest BCUT2D eigenvalue weighted by molar-refractivity contribution is 7.10. The Morgan fingerprint density at radius 1 is 1.11 bits per heavy atom. The topological polar surface area (TPSA) is 67.1 Å². The van der Waals surface area contributed by atoms with Gasteiger partial charge < -0.3 is 20.4 Å². The lowest BCUT2D eigenvalue weighted by molar-refractivity contribution is -0.945. The van der Waals surface area contributed by atoms with Crippen LogP contribution in [0.5, 0.6) is 0 Å². The molecule has 2 aromatic rings. The highest BCUT2D eigenvalue weighted by Crippen LogP contribution is 2.18. The van der Waals surface area contributed by atoms with Crippen molar-refractivity contribution in [3.8, 4) is 0 Å². The molecule has 6 nitrogen and oxygen atoms in total. The van der Waals surface area contributed by atoms with Crippen molar-refractivity contribution in [1.29, 1.82) is 0 Å². The molecule has 2 heterocycles. The number of thiophene rings is 1. The summed E-state index contributed by atoms with van der Waals surface area (Å²) in [6, 6.07) is 12.9. The van der Waals surface area contributed by atoms with Crippen molar-refractivity contribution in [3.63, 3.8) is 0 Å². The number of amides is 2. The van der Waals surface area contributed by atoms with Crippen LogP contribution in [0.4, 0.5) is 0 Å². The Balaban J connectivity index is 1.61. The summed E-state index contributed by atoms with van der Waals surface area (Å²) < 4.78 is 0. The maximum Gasteiger partial charge on any atom is 0.309 e. The van der Waals surface area contributed by atoms with Crippen molar-refractivity contribution >= 4 is 23.2 Å². The molecule has 7 heteroatoms. The molecule has 0 aliphatic carbocycles. The minimum atomic E-state index is -0.551. The van der Waals surface area contributed by atoms with Crippen molar-refractivity contribution in [3.05, 3.63) is 57.8 Å². The standard InChI is InChI=1S/C21H28N4O2S/c1-24(2)12-10-22-20(26)21(27)23-14-18(19-8-5-13-28-19)25-11-9-16-6-3-4-7-17(16)15-25/h3-8,13,18H,9-12,14-15H2,1-2H3,(H,22,26)(H,23,27)/p+2/t18-/m0/s1. The Morgan fingerprint density at radius 3 is 2.57 bits per heavy atom. The zero-order chi connectivity index (χ0) is 19.9. The maximum absolute atomic E-state index is 12.2. The van der Waals surface area contributed by atoms with Crippen LogP contribution in [0.15, 0.2) is 41.8 Å². The van der Waals surface area contributed by atoms with Crippen LogP contribution in [-0.2, 0) is 22.6 Å². The second-order valence-corrected chi connectivity index (χ2v) is 8.57. The average Bonchev–Trinajstić information content (AvgIpc) is 3.22. The first kappa shape index (κ1) is 20.5. The Bertz CT molecular complexity index is 791. The van der Waals surface area contributed by atoms with Gasteiger partial charge in [-0.2, -0.15) is 0 Å². The molecule has 1 aliphatic heterocycles. The fourth-order valence-corrected chi connectivity index (χ4v) is 4.50. The molecule has 150 valence electrons. The van der Waals surface area contributed by atoms with E-state index in [1.807, 2.05) is 20.2 Å². The number of hydrogen-bond acceptors (Lipinski definition) is 3. The molecular weight excluding hydrogens is 372 g/mol. The molecule has 28 heavy (non-hydrogen) atoms. The Hall–Kier alpha value is -2.22. The number of nitrogens with one attached hydrogen (secondary N) is 4. The maximum atomic E-state index is 12.2. The highest BCUT2D eigenvalue weighted by atomic mass is 32.1. The third kappa shape index (κ3) is 5.41. The normalized spacial score (nSPS) is 17.0. The van der Waals surface area contributed by atoms with E-state index < -0.39 is 11.8 Å². The minimum absolute atomic E-state index is 0.149. The molecule has 2 amide bonds. The molecule has 0 saturated carbocycles. The van der Waals surface area contributed by atoms with Gasteiger partial charge in [-0.05, 0) is 17.0 Å². The first-order valence-electron chi connectivity index (χ1n) is 9.84. The summed E-state index contributed by atoms with van der Waals surface area (Å²) in [7, 11) is 4.02. The highest BCUT2D eigenvalue weighted by Gasteiger charge is 2.30. The second kappa shape index (κ2) is 9.82. The summed E-state index contributed by atoms with van der Waals surface area (Å²) in [4.78, 5) is 28.2. The molecule has 3 rings (SSSR count). The predicted octanol–water partition coefficient (Wildman–Crippen LogP) is -1.19. The van der Waals surface area contributed by atoms with Gasteiger partial charge in [-0.3, -0.25) is 9.59 Å². The fraction of sp³-hybridized carbons (Fsp3) is 0.429. The van der Waals surface area contributed by atoms with E-state index in [4.69, 9.17) is 0 Å². The summed E-state index contributed by atoms with van der Waals surface area (Å²) in [5.74, 6) is -1.10. The van der Waals surface area contributed by atoms with Crippen LogP contribution in [0.2, 0.25) is 0 Å². The predicted molar refractivity (Wildman–Crippen MR) is 110 cm³/mol. The number of likely N-dealkylation sites (N-methyl/N-ethyl adjacent to an activating group) is 1. The fourth-order valence-electron chi connectivity index (χ4n) is 3.62. The molecule has 0 fully saturated rings. The lowest BCUT2D eigenvalue weighted by atomic mass is 9.98. The molecule has 0 spiro atoms. The van der Waals surface area contributed by atoms with E-state index >= 15 is 0 Å². The number of rotatable bonds is 7. The van der Waals surface area contributed by atoms with Gasteiger partial charge in [0.25, 0.3) is 0 Å². The van der Waals surface area contributed by atoms with Gasteiger partial charge in [-0.1, -0.05) is 30.3 Å². The third-order valence-electron chi connectivity index (χ3n) is 5.21. The van der Waals surface area contributed by atoms with E-state index in [0.717, 1.165) is 26.1 Å². The second-order valence-electron chi connectivity index (χ2n) is 7.59. The molecule has 0 bridgehead atoms. The number of benzene rings is 1. The Morgan fingerprint density at radius 2 is 1.86 bits per heavy atom. The SMILES string of the molecule is C[NH+](C)CCNC(=O)C(=O)NC[C@@H](c1cccs1)[NH+]1CCc2ccccc2C1. The van der Waals surface area contributed by atoms with Gasteiger partial charge >= 0.3 is 11.8 Å². The molecule has 1 unspecified atom stereocenters. The monoisotopic (exact) mass is 402 g/mol. The Labute approximate surface area is 170 Å².